The van der Waals surface area contributed by atoms with Gasteiger partial charge >= 0.3 is 0 Å². The lowest BCUT2D eigenvalue weighted by Gasteiger charge is -2.26. The third kappa shape index (κ3) is 10.8. The molecule has 4 rings (SSSR count). The smallest absolute Gasteiger partial charge is 0.290 e. The van der Waals surface area contributed by atoms with Gasteiger partial charge < -0.3 is 27.0 Å². The molecule has 4 aromatic rings. The molecule has 11 heteroatoms. The van der Waals surface area contributed by atoms with Gasteiger partial charge in [-0.15, -0.1) is 0 Å². The van der Waals surface area contributed by atoms with Crippen LogP contribution in [0.2, 0.25) is 0 Å². The van der Waals surface area contributed by atoms with Crippen LogP contribution < -0.4 is 27.0 Å². The summed E-state index contributed by atoms with van der Waals surface area (Å²) in [6.07, 6.45) is 0.786. The van der Waals surface area contributed by atoms with Gasteiger partial charge in [0.05, 0.1) is 19.0 Å². The summed E-state index contributed by atoms with van der Waals surface area (Å²) in [4.78, 5) is 78.0. The van der Waals surface area contributed by atoms with Crippen molar-refractivity contribution in [1.82, 2.24) is 21.3 Å². The van der Waals surface area contributed by atoms with Crippen molar-refractivity contribution in [2.24, 2.45) is 11.7 Å². The number of benzene rings is 4. The number of hydrogen-bond donors (Lipinski definition) is 5. The summed E-state index contributed by atoms with van der Waals surface area (Å²) < 4.78 is 0. The molecule has 11 nitrogen and oxygen atoms in total. The molecule has 0 saturated heterocycles. The summed E-state index contributed by atoms with van der Waals surface area (Å²) in [7, 11) is 0. The van der Waals surface area contributed by atoms with Crippen LogP contribution in [0.15, 0.2) is 103 Å². The van der Waals surface area contributed by atoms with Gasteiger partial charge in [-0.25, -0.2) is 0 Å². The van der Waals surface area contributed by atoms with Crippen LogP contribution in [-0.4, -0.2) is 60.0 Å². The number of primary amides is 1. The molecule has 260 valence electrons. The molecule has 0 aliphatic carbocycles. The molecule has 4 aromatic carbocycles. The quantitative estimate of drug-likeness (QED) is 0.107. The molecule has 0 aliphatic rings. The highest BCUT2D eigenvalue weighted by Crippen LogP contribution is 2.17. The Morgan fingerprint density at radius 1 is 0.640 bits per heavy atom. The number of Topliss-reactive ketones (excluding diaryl/α,β-unsaturated/α-hetero) is 1. The molecule has 0 radical (unpaired) electrons. The average Bonchev–Trinajstić information content (AvgIpc) is 3.12. The van der Waals surface area contributed by atoms with Crippen molar-refractivity contribution < 1.29 is 28.8 Å². The molecule has 0 bridgehead atoms. The van der Waals surface area contributed by atoms with E-state index in [0.717, 1.165) is 27.5 Å². The lowest BCUT2D eigenvalue weighted by Crippen LogP contribution is -2.57. The van der Waals surface area contributed by atoms with Crippen LogP contribution in [-0.2, 0) is 48.0 Å². The maximum absolute atomic E-state index is 13.6. The molecule has 0 fully saturated rings. The zero-order valence-corrected chi connectivity index (χ0v) is 28.2. The minimum Gasteiger partial charge on any atom is -0.368 e. The van der Waals surface area contributed by atoms with Crippen LogP contribution in [0, 0.1) is 5.92 Å². The van der Waals surface area contributed by atoms with Crippen molar-refractivity contribution >= 4 is 46.1 Å². The van der Waals surface area contributed by atoms with E-state index in [1.165, 1.54) is 0 Å². The van der Waals surface area contributed by atoms with Crippen LogP contribution in [0.5, 0.6) is 0 Å². The topological polar surface area (TPSA) is 177 Å². The molecule has 0 aromatic heterocycles. The monoisotopic (exact) mass is 677 g/mol. The molecular formula is C39H43N5O6. The van der Waals surface area contributed by atoms with E-state index in [1.807, 2.05) is 97.9 Å². The highest BCUT2D eigenvalue weighted by atomic mass is 16.2. The predicted octanol–water partition coefficient (Wildman–Crippen LogP) is 2.54. The Morgan fingerprint density at radius 2 is 1.22 bits per heavy atom. The number of fused-ring (bicyclic) bond motifs is 1. The first-order chi connectivity index (χ1) is 24.0. The van der Waals surface area contributed by atoms with Crippen molar-refractivity contribution in [2.45, 2.75) is 57.7 Å². The SMILES string of the molecule is CC[C@H](C)C(NC(=O)[C@H](Cc1ccccc1)NC(=O)Cc1ccccc1)C(=O)C(=O)NCC(=O)N[C@@H](Cc1ccc2ccccc2c1)C(N)=O. The summed E-state index contributed by atoms with van der Waals surface area (Å²) in [5, 5.41) is 12.3. The van der Waals surface area contributed by atoms with Crippen molar-refractivity contribution in [3.63, 3.8) is 0 Å². The fourth-order valence-electron chi connectivity index (χ4n) is 5.50. The average molecular weight is 678 g/mol. The summed E-state index contributed by atoms with van der Waals surface area (Å²) in [5.41, 5.74) is 7.90. The number of hydrogen-bond acceptors (Lipinski definition) is 6. The Morgan fingerprint density at radius 3 is 1.86 bits per heavy atom. The molecule has 4 atom stereocenters. The molecule has 6 N–H and O–H groups in total. The maximum Gasteiger partial charge on any atom is 0.290 e. The minimum absolute atomic E-state index is 0.0521. The second kappa shape index (κ2) is 18.1. The number of ketones is 1. The Kier molecular flexibility index (Phi) is 13.4. The molecule has 0 heterocycles. The number of carbonyl (C=O) groups excluding carboxylic acids is 6. The van der Waals surface area contributed by atoms with Gasteiger partial charge in [-0.3, -0.25) is 28.8 Å². The highest BCUT2D eigenvalue weighted by molar-refractivity contribution is 6.38. The van der Waals surface area contributed by atoms with Gasteiger partial charge in [0, 0.05) is 12.8 Å². The summed E-state index contributed by atoms with van der Waals surface area (Å²) in [6.45, 7) is 2.93. The fourth-order valence-corrected chi connectivity index (χ4v) is 5.50. The lowest BCUT2D eigenvalue weighted by atomic mass is 9.94. The third-order valence-corrected chi connectivity index (χ3v) is 8.50. The number of nitrogens with two attached hydrogens (primary N) is 1. The predicted molar refractivity (Wildman–Crippen MR) is 190 cm³/mol. The molecule has 0 saturated carbocycles. The first-order valence-corrected chi connectivity index (χ1v) is 16.6. The Balaban J connectivity index is 1.38. The van der Waals surface area contributed by atoms with E-state index in [2.05, 4.69) is 21.3 Å². The molecule has 0 aliphatic heterocycles. The zero-order valence-electron chi connectivity index (χ0n) is 28.2. The first-order valence-electron chi connectivity index (χ1n) is 16.6. The Labute approximate surface area is 291 Å². The zero-order chi connectivity index (χ0) is 36.0. The van der Waals surface area contributed by atoms with Crippen molar-refractivity contribution in [3.05, 3.63) is 120 Å². The van der Waals surface area contributed by atoms with E-state index in [-0.39, 0.29) is 25.2 Å². The highest BCUT2D eigenvalue weighted by Gasteiger charge is 2.33. The van der Waals surface area contributed by atoms with Crippen LogP contribution in [0.3, 0.4) is 0 Å². The van der Waals surface area contributed by atoms with Gasteiger partial charge in [0.1, 0.15) is 12.1 Å². The number of nitrogens with one attached hydrogen (secondary N) is 4. The summed E-state index contributed by atoms with van der Waals surface area (Å²) in [5.74, 6) is -4.96. The second-order valence-corrected chi connectivity index (χ2v) is 12.3. The molecule has 1 unspecified atom stereocenters. The fraction of sp³-hybridized carbons (Fsp3) is 0.282. The maximum atomic E-state index is 13.6. The number of amides is 5. The third-order valence-electron chi connectivity index (χ3n) is 8.50. The van der Waals surface area contributed by atoms with Gasteiger partial charge in [0.2, 0.25) is 29.4 Å². The molecule has 5 amide bonds. The van der Waals surface area contributed by atoms with E-state index in [9.17, 15) is 28.8 Å². The first kappa shape index (κ1) is 37.0. The number of carbonyl (C=O) groups is 6. The van der Waals surface area contributed by atoms with Gasteiger partial charge in [0.15, 0.2) is 0 Å². The van der Waals surface area contributed by atoms with Crippen molar-refractivity contribution in [3.8, 4) is 0 Å². The normalized spacial score (nSPS) is 13.2. The molecule has 0 spiro atoms. The van der Waals surface area contributed by atoms with Crippen LogP contribution in [0.4, 0.5) is 0 Å². The van der Waals surface area contributed by atoms with Crippen molar-refractivity contribution in [2.75, 3.05) is 6.54 Å². The largest absolute Gasteiger partial charge is 0.368 e. The Bertz CT molecular complexity index is 1810. The van der Waals surface area contributed by atoms with E-state index in [0.29, 0.717) is 6.42 Å². The van der Waals surface area contributed by atoms with E-state index in [1.54, 1.807) is 19.1 Å². The van der Waals surface area contributed by atoms with Gasteiger partial charge in [-0.05, 0) is 33.4 Å². The standard InChI is InChI=1S/C39H43N5O6/c1-3-25(2)35(44-38(49)32(21-26-12-6-4-7-13-26)43-33(45)23-27-14-8-5-9-15-27)36(47)39(50)41-24-34(46)42-31(37(40)48)22-28-18-19-29-16-10-11-17-30(29)20-28/h4-20,25,31-32,35H,3,21-24H2,1-2H3,(H2,40,48)(H,41,50)(H,42,46)(H,43,45)(H,44,49)/t25-,31-,32-,35?/m0/s1. The Hall–Kier alpha value is -5.84. The van der Waals surface area contributed by atoms with Crippen molar-refractivity contribution in [1.29, 1.82) is 0 Å². The molecule has 50 heavy (non-hydrogen) atoms. The van der Waals surface area contributed by atoms with Gasteiger partial charge in [-0.2, -0.15) is 0 Å². The van der Waals surface area contributed by atoms with Crippen LogP contribution >= 0.6 is 0 Å². The van der Waals surface area contributed by atoms with Crippen LogP contribution in [0.1, 0.15) is 37.0 Å². The van der Waals surface area contributed by atoms with E-state index < -0.39 is 60.0 Å². The minimum atomic E-state index is -1.23. The van der Waals surface area contributed by atoms with Gasteiger partial charge in [0.25, 0.3) is 5.91 Å². The lowest BCUT2D eigenvalue weighted by molar-refractivity contribution is -0.141. The second-order valence-electron chi connectivity index (χ2n) is 12.3. The number of rotatable bonds is 17. The molecular weight excluding hydrogens is 634 g/mol. The van der Waals surface area contributed by atoms with Crippen LogP contribution in [0.25, 0.3) is 10.8 Å². The summed E-state index contributed by atoms with van der Waals surface area (Å²) in [6, 6.07) is 28.2. The van der Waals surface area contributed by atoms with Gasteiger partial charge in [-0.1, -0.05) is 123 Å². The summed E-state index contributed by atoms with van der Waals surface area (Å²) >= 11 is 0. The van der Waals surface area contributed by atoms with E-state index >= 15 is 0 Å². The van der Waals surface area contributed by atoms with E-state index in [4.69, 9.17) is 5.73 Å².